The van der Waals surface area contributed by atoms with E-state index in [0.29, 0.717) is 13.1 Å². The van der Waals surface area contributed by atoms with Crippen LogP contribution in [0.5, 0.6) is 0 Å². The number of halogens is 2. The van der Waals surface area contributed by atoms with Gasteiger partial charge in [-0.15, -0.1) is 24.8 Å². The molecule has 0 saturated carbocycles. The first kappa shape index (κ1) is 18.9. The standard InChI is InChI=1S/C14H19N5O.2ClH/c20-14(5-6-15-8-14)9-16-7-12-1-3-13(4-2-12)19-11-17-10-18-19;;/h1-4,10-11,15-16,20H,5-9H2;2*1H. The number of nitrogens with one attached hydrogen (secondary N) is 2. The normalized spacial score (nSPS) is 20.2. The van der Waals surface area contributed by atoms with Crippen molar-refractivity contribution in [1.29, 1.82) is 0 Å². The zero-order valence-electron chi connectivity index (χ0n) is 12.1. The first-order valence-electron chi connectivity index (χ1n) is 6.83. The highest BCUT2D eigenvalue weighted by molar-refractivity contribution is 5.85. The number of benzene rings is 1. The Labute approximate surface area is 142 Å². The van der Waals surface area contributed by atoms with Gasteiger partial charge in [0.05, 0.1) is 11.3 Å². The summed E-state index contributed by atoms with van der Waals surface area (Å²) in [7, 11) is 0. The van der Waals surface area contributed by atoms with E-state index in [1.165, 1.54) is 11.9 Å². The number of rotatable bonds is 5. The summed E-state index contributed by atoms with van der Waals surface area (Å²) in [4.78, 5) is 3.93. The van der Waals surface area contributed by atoms with Crippen molar-refractivity contribution in [2.75, 3.05) is 19.6 Å². The first-order chi connectivity index (χ1) is 9.75. The van der Waals surface area contributed by atoms with E-state index >= 15 is 0 Å². The van der Waals surface area contributed by atoms with Gasteiger partial charge < -0.3 is 15.7 Å². The van der Waals surface area contributed by atoms with Gasteiger partial charge in [-0.25, -0.2) is 9.67 Å². The fraction of sp³-hybridized carbons (Fsp3) is 0.429. The van der Waals surface area contributed by atoms with Crippen LogP contribution < -0.4 is 10.6 Å². The van der Waals surface area contributed by atoms with E-state index < -0.39 is 5.60 Å². The zero-order valence-corrected chi connectivity index (χ0v) is 13.7. The van der Waals surface area contributed by atoms with Gasteiger partial charge in [0.25, 0.3) is 0 Å². The second kappa shape index (κ2) is 8.45. The molecule has 1 aromatic carbocycles. The van der Waals surface area contributed by atoms with Crippen LogP contribution in [-0.4, -0.2) is 45.1 Å². The summed E-state index contributed by atoms with van der Waals surface area (Å²) < 4.78 is 1.73. The van der Waals surface area contributed by atoms with E-state index in [2.05, 4.69) is 32.8 Å². The third kappa shape index (κ3) is 4.66. The largest absolute Gasteiger partial charge is 0.387 e. The third-order valence-electron chi connectivity index (χ3n) is 3.62. The Morgan fingerprint density at radius 2 is 2.05 bits per heavy atom. The molecule has 0 aliphatic carbocycles. The monoisotopic (exact) mass is 345 g/mol. The summed E-state index contributed by atoms with van der Waals surface area (Å²) in [6, 6.07) is 8.14. The predicted molar refractivity (Wildman–Crippen MR) is 90.0 cm³/mol. The lowest BCUT2D eigenvalue weighted by atomic mass is 10.0. The molecule has 1 unspecified atom stereocenters. The predicted octanol–water partition coefficient (Wildman–Crippen LogP) is 0.925. The molecule has 0 amide bonds. The van der Waals surface area contributed by atoms with Crippen LogP contribution in [0.25, 0.3) is 5.69 Å². The molecule has 122 valence electrons. The van der Waals surface area contributed by atoms with Crippen LogP contribution in [-0.2, 0) is 6.54 Å². The minimum absolute atomic E-state index is 0. The highest BCUT2D eigenvalue weighted by Gasteiger charge is 2.30. The second-order valence-corrected chi connectivity index (χ2v) is 5.26. The third-order valence-corrected chi connectivity index (χ3v) is 3.62. The van der Waals surface area contributed by atoms with Crippen molar-refractivity contribution < 1.29 is 5.11 Å². The average molecular weight is 346 g/mol. The molecular weight excluding hydrogens is 325 g/mol. The molecule has 1 atom stereocenters. The summed E-state index contributed by atoms with van der Waals surface area (Å²) >= 11 is 0. The second-order valence-electron chi connectivity index (χ2n) is 5.26. The van der Waals surface area contributed by atoms with Crippen LogP contribution in [0.15, 0.2) is 36.9 Å². The van der Waals surface area contributed by atoms with E-state index in [1.54, 1.807) is 11.0 Å². The van der Waals surface area contributed by atoms with Crippen molar-refractivity contribution in [3.63, 3.8) is 0 Å². The molecule has 8 heteroatoms. The quantitative estimate of drug-likeness (QED) is 0.751. The van der Waals surface area contributed by atoms with E-state index in [9.17, 15) is 5.11 Å². The molecule has 22 heavy (non-hydrogen) atoms. The highest BCUT2D eigenvalue weighted by atomic mass is 35.5. The maximum Gasteiger partial charge on any atom is 0.138 e. The minimum atomic E-state index is -0.597. The molecule has 1 aliphatic heterocycles. The molecule has 3 rings (SSSR count). The van der Waals surface area contributed by atoms with Crippen LogP contribution in [0.1, 0.15) is 12.0 Å². The maximum atomic E-state index is 10.2. The Morgan fingerprint density at radius 1 is 1.27 bits per heavy atom. The molecule has 0 bridgehead atoms. The minimum Gasteiger partial charge on any atom is -0.387 e. The maximum absolute atomic E-state index is 10.2. The fourth-order valence-electron chi connectivity index (χ4n) is 2.43. The molecule has 0 spiro atoms. The summed E-state index contributed by atoms with van der Waals surface area (Å²) in [5.41, 5.74) is 1.58. The van der Waals surface area contributed by atoms with Gasteiger partial charge in [0.1, 0.15) is 12.7 Å². The topological polar surface area (TPSA) is 75.0 Å². The molecule has 6 nitrogen and oxygen atoms in total. The number of aliphatic hydroxyl groups is 1. The van der Waals surface area contributed by atoms with Gasteiger partial charge in [-0.05, 0) is 30.7 Å². The van der Waals surface area contributed by atoms with Gasteiger partial charge in [-0.1, -0.05) is 12.1 Å². The number of hydrogen-bond acceptors (Lipinski definition) is 5. The molecular formula is C14H21Cl2N5O. The zero-order chi connectivity index (χ0) is 13.8. The van der Waals surface area contributed by atoms with Crippen molar-refractivity contribution in [2.45, 2.75) is 18.6 Å². The molecule has 3 N–H and O–H groups in total. The van der Waals surface area contributed by atoms with Crippen molar-refractivity contribution in [2.24, 2.45) is 0 Å². The van der Waals surface area contributed by atoms with Crippen molar-refractivity contribution in [3.8, 4) is 5.69 Å². The SMILES string of the molecule is Cl.Cl.OC1(CNCc2ccc(-n3cncn3)cc2)CCNC1. The van der Waals surface area contributed by atoms with E-state index in [4.69, 9.17) is 0 Å². The van der Waals surface area contributed by atoms with Crippen molar-refractivity contribution in [1.82, 2.24) is 25.4 Å². The van der Waals surface area contributed by atoms with Crippen LogP contribution >= 0.6 is 24.8 Å². The van der Waals surface area contributed by atoms with Crippen molar-refractivity contribution >= 4 is 24.8 Å². The average Bonchev–Trinajstić information content (AvgIpc) is 3.11. The lowest BCUT2D eigenvalue weighted by Crippen LogP contribution is -2.42. The molecule has 1 fully saturated rings. The Morgan fingerprint density at radius 3 is 2.64 bits per heavy atom. The molecule has 1 saturated heterocycles. The van der Waals surface area contributed by atoms with Gasteiger partial charge in [0, 0.05) is 19.6 Å². The smallest absolute Gasteiger partial charge is 0.138 e. The lowest BCUT2D eigenvalue weighted by Gasteiger charge is -2.21. The van der Waals surface area contributed by atoms with Crippen LogP contribution in [0.4, 0.5) is 0 Å². The van der Waals surface area contributed by atoms with Gasteiger partial charge in [-0.3, -0.25) is 0 Å². The highest BCUT2D eigenvalue weighted by Crippen LogP contribution is 2.13. The summed E-state index contributed by atoms with van der Waals surface area (Å²) in [6.45, 7) is 2.93. The Balaban J connectivity index is 0.00000121. The Kier molecular flexibility index (Phi) is 7.25. The Hall–Kier alpha value is -1.18. The molecule has 1 aliphatic rings. The van der Waals surface area contributed by atoms with Gasteiger partial charge >= 0.3 is 0 Å². The van der Waals surface area contributed by atoms with Crippen LogP contribution in [0, 0.1) is 0 Å². The Bertz CT molecular complexity index is 541. The van der Waals surface area contributed by atoms with Crippen LogP contribution in [0.2, 0.25) is 0 Å². The van der Waals surface area contributed by atoms with Gasteiger partial charge in [0.2, 0.25) is 0 Å². The van der Waals surface area contributed by atoms with Crippen LogP contribution in [0.3, 0.4) is 0 Å². The molecule has 1 aromatic heterocycles. The molecule has 2 heterocycles. The fourth-order valence-corrected chi connectivity index (χ4v) is 2.43. The van der Waals surface area contributed by atoms with E-state index in [-0.39, 0.29) is 24.8 Å². The number of β-amino-alcohol motifs (C(OH)–C–C–N with tert-alkyl or cyclic N) is 1. The summed E-state index contributed by atoms with van der Waals surface area (Å²) in [5, 5.41) is 20.8. The van der Waals surface area contributed by atoms with Gasteiger partial charge in [-0.2, -0.15) is 5.10 Å². The number of nitrogens with zero attached hydrogens (tertiary/aromatic N) is 3. The van der Waals surface area contributed by atoms with E-state index in [0.717, 1.165) is 25.2 Å². The number of aromatic nitrogens is 3. The first-order valence-corrected chi connectivity index (χ1v) is 6.83. The summed E-state index contributed by atoms with van der Waals surface area (Å²) in [6.07, 6.45) is 4.01. The number of hydrogen-bond donors (Lipinski definition) is 3. The summed E-state index contributed by atoms with van der Waals surface area (Å²) in [5.74, 6) is 0. The molecule has 0 radical (unpaired) electrons. The van der Waals surface area contributed by atoms with Gasteiger partial charge in [0.15, 0.2) is 0 Å². The molecule has 2 aromatic rings. The van der Waals surface area contributed by atoms with Crippen molar-refractivity contribution in [3.05, 3.63) is 42.5 Å². The van der Waals surface area contributed by atoms with E-state index in [1.807, 2.05) is 12.1 Å². The lowest BCUT2D eigenvalue weighted by molar-refractivity contribution is 0.0609.